The fraction of sp³-hybridized carbons (Fsp3) is 0.423. The molecule has 180 valence electrons. The van der Waals surface area contributed by atoms with Gasteiger partial charge in [0.25, 0.3) is 0 Å². The Morgan fingerprint density at radius 3 is 2.21 bits per heavy atom. The number of hydrogen-bond acceptors (Lipinski definition) is 5. The Morgan fingerprint density at radius 2 is 1.62 bits per heavy atom. The van der Waals surface area contributed by atoms with Crippen LogP contribution in [0.2, 0.25) is 0 Å². The summed E-state index contributed by atoms with van der Waals surface area (Å²) in [5.41, 5.74) is 4.63. The van der Waals surface area contributed by atoms with Gasteiger partial charge in [-0.3, -0.25) is 4.79 Å². The van der Waals surface area contributed by atoms with E-state index in [0.29, 0.717) is 0 Å². The molecule has 0 spiro atoms. The highest BCUT2D eigenvalue weighted by molar-refractivity contribution is 5.80. The van der Waals surface area contributed by atoms with Crippen molar-refractivity contribution < 1.29 is 29.0 Å². The molecule has 2 aliphatic carbocycles. The molecule has 1 unspecified atom stereocenters. The Labute approximate surface area is 198 Å². The van der Waals surface area contributed by atoms with Gasteiger partial charge in [-0.15, -0.1) is 0 Å². The molecule has 0 saturated heterocycles. The van der Waals surface area contributed by atoms with Gasteiger partial charge in [0.1, 0.15) is 13.2 Å². The van der Waals surface area contributed by atoms with Crippen LogP contribution < -0.4 is 10.6 Å². The standard InChI is InChI=1S/C26H30N2O6/c29-24(30)16-33-13-12-27-25(31)22(17-6-5-7-17)14-28-26(32)34-15-23-20-10-3-1-8-18(20)19-9-2-4-11-21(19)23/h1-4,8-11,17,22-23H,5-7,12-16H2,(H,27,31)(H,28,32)(H,29,30). The minimum absolute atomic E-state index is 0.0188. The van der Waals surface area contributed by atoms with Crippen LogP contribution in [0.3, 0.4) is 0 Å². The number of rotatable bonds is 11. The molecular formula is C26H30N2O6. The van der Waals surface area contributed by atoms with E-state index in [1.807, 2.05) is 24.3 Å². The van der Waals surface area contributed by atoms with Crippen LogP contribution >= 0.6 is 0 Å². The lowest BCUT2D eigenvalue weighted by atomic mass is 9.75. The number of fused-ring (bicyclic) bond motifs is 3. The van der Waals surface area contributed by atoms with Crippen molar-refractivity contribution in [3.63, 3.8) is 0 Å². The van der Waals surface area contributed by atoms with Crippen molar-refractivity contribution in [1.29, 1.82) is 0 Å². The van der Waals surface area contributed by atoms with Gasteiger partial charge in [0, 0.05) is 19.0 Å². The van der Waals surface area contributed by atoms with Crippen molar-refractivity contribution in [3.05, 3.63) is 59.7 Å². The van der Waals surface area contributed by atoms with Crippen molar-refractivity contribution in [1.82, 2.24) is 10.6 Å². The van der Waals surface area contributed by atoms with E-state index in [0.717, 1.165) is 30.4 Å². The molecule has 2 amide bonds. The quantitative estimate of drug-likeness (QED) is 0.439. The van der Waals surface area contributed by atoms with Gasteiger partial charge >= 0.3 is 12.1 Å². The van der Waals surface area contributed by atoms with E-state index in [4.69, 9.17) is 14.6 Å². The Kier molecular flexibility index (Phi) is 7.80. The van der Waals surface area contributed by atoms with Crippen molar-refractivity contribution in [2.24, 2.45) is 11.8 Å². The lowest BCUT2D eigenvalue weighted by Gasteiger charge is -2.32. The number of ether oxygens (including phenoxy) is 2. The highest BCUT2D eigenvalue weighted by Gasteiger charge is 2.33. The van der Waals surface area contributed by atoms with Crippen LogP contribution in [0.25, 0.3) is 11.1 Å². The van der Waals surface area contributed by atoms with Gasteiger partial charge in [0.05, 0.1) is 12.5 Å². The third kappa shape index (κ3) is 5.56. The van der Waals surface area contributed by atoms with Crippen LogP contribution in [0.1, 0.15) is 36.3 Å². The Hall–Kier alpha value is -3.39. The average molecular weight is 467 g/mol. The van der Waals surface area contributed by atoms with E-state index >= 15 is 0 Å². The molecule has 0 aliphatic heterocycles. The maximum atomic E-state index is 12.7. The van der Waals surface area contributed by atoms with E-state index in [-0.39, 0.29) is 50.0 Å². The van der Waals surface area contributed by atoms with Gasteiger partial charge in [0.2, 0.25) is 5.91 Å². The molecule has 1 atom stereocenters. The summed E-state index contributed by atoms with van der Waals surface area (Å²) >= 11 is 0. The summed E-state index contributed by atoms with van der Waals surface area (Å²) in [6.07, 6.45) is 2.42. The zero-order valence-electron chi connectivity index (χ0n) is 19.0. The summed E-state index contributed by atoms with van der Waals surface area (Å²) in [5.74, 6) is -1.37. The second-order valence-electron chi connectivity index (χ2n) is 8.74. The number of nitrogens with one attached hydrogen (secondary N) is 2. The number of carbonyl (C=O) groups is 3. The molecular weight excluding hydrogens is 436 g/mol. The smallest absolute Gasteiger partial charge is 0.407 e. The number of aliphatic carboxylic acids is 1. The second kappa shape index (κ2) is 11.2. The highest BCUT2D eigenvalue weighted by atomic mass is 16.5. The zero-order valence-corrected chi connectivity index (χ0v) is 19.0. The second-order valence-corrected chi connectivity index (χ2v) is 8.74. The number of alkyl carbamates (subject to hydrolysis) is 1. The van der Waals surface area contributed by atoms with Gasteiger partial charge in [-0.25, -0.2) is 9.59 Å². The first kappa shape index (κ1) is 23.8. The molecule has 0 radical (unpaired) electrons. The first-order valence-electron chi connectivity index (χ1n) is 11.7. The van der Waals surface area contributed by atoms with Crippen molar-refractivity contribution in [2.75, 3.05) is 32.9 Å². The molecule has 1 fully saturated rings. The average Bonchev–Trinajstić information content (AvgIpc) is 3.12. The first-order valence-corrected chi connectivity index (χ1v) is 11.7. The molecule has 0 bridgehead atoms. The van der Waals surface area contributed by atoms with E-state index in [9.17, 15) is 14.4 Å². The zero-order chi connectivity index (χ0) is 23.9. The van der Waals surface area contributed by atoms with Crippen LogP contribution in [0, 0.1) is 11.8 Å². The number of carboxylic acid groups (broad SMARTS) is 1. The molecule has 3 N–H and O–H groups in total. The summed E-state index contributed by atoms with van der Waals surface area (Å²) in [6, 6.07) is 16.3. The maximum absolute atomic E-state index is 12.7. The summed E-state index contributed by atoms with van der Waals surface area (Å²) in [7, 11) is 0. The van der Waals surface area contributed by atoms with Crippen LogP contribution in [-0.2, 0) is 19.1 Å². The molecule has 0 heterocycles. The number of hydrogen-bond donors (Lipinski definition) is 3. The van der Waals surface area contributed by atoms with Crippen LogP contribution in [-0.4, -0.2) is 56.0 Å². The van der Waals surface area contributed by atoms with Crippen LogP contribution in [0.15, 0.2) is 48.5 Å². The van der Waals surface area contributed by atoms with E-state index in [1.165, 1.54) is 11.1 Å². The third-order valence-electron chi connectivity index (χ3n) is 6.64. The van der Waals surface area contributed by atoms with E-state index in [1.54, 1.807) is 0 Å². The van der Waals surface area contributed by atoms with Gasteiger partial charge in [0.15, 0.2) is 0 Å². The van der Waals surface area contributed by atoms with Crippen LogP contribution in [0.5, 0.6) is 0 Å². The SMILES string of the molecule is O=C(O)COCCNC(=O)C(CNC(=O)OCC1c2ccccc2-c2ccccc21)C1CCC1. The van der Waals surface area contributed by atoms with Gasteiger partial charge in [-0.05, 0) is 41.0 Å². The predicted octanol–water partition coefficient (Wildman–Crippen LogP) is 3.16. The Bertz CT molecular complexity index is 990. The number of amides is 2. The summed E-state index contributed by atoms with van der Waals surface area (Å²) < 4.78 is 10.5. The van der Waals surface area contributed by atoms with Gasteiger partial charge < -0.3 is 25.2 Å². The molecule has 34 heavy (non-hydrogen) atoms. The number of carbonyl (C=O) groups excluding carboxylic acids is 2. The minimum Gasteiger partial charge on any atom is -0.480 e. The fourth-order valence-electron chi connectivity index (χ4n) is 4.70. The highest BCUT2D eigenvalue weighted by Crippen LogP contribution is 2.44. The molecule has 2 aliphatic rings. The van der Waals surface area contributed by atoms with E-state index < -0.39 is 18.7 Å². The molecule has 2 aromatic carbocycles. The van der Waals surface area contributed by atoms with Gasteiger partial charge in [-0.1, -0.05) is 55.0 Å². The Morgan fingerprint density at radius 1 is 0.971 bits per heavy atom. The number of carboxylic acids is 1. The Balaban J connectivity index is 1.27. The molecule has 4 rings (SSSR count). The van der Waals surface area contributed by atoms with Gasteiger partial charge in [-0.2, -0.15) is 0 Å². The first-order chi connectivity index (χ1) is 16.5. The largest absolute Gasteiger partial charge is 0.480 e. The maximum Gasteiger partial charge on any atom is 0.407 e. The summed E-state index contributed by atoms with van der Waals surface area (Å²) in [5, 5.41) is 14.1. The number of benzene rings is 2. The molecule has 0 aromatic heterocycles. The molecule has 8 nitrogen and oxygen atoms in total. The molecule has 1 saturated carbocycles. The van der Waals surface area contributed by atoms with Crippen molar-refractivity contribution in [3.8, 4) is 11.1 Å². The van der Waals surface area contributed by atoms with E-state index in [2.05, 4.69) is 34.9 Å². The lowest BCUT2D eigenvalue weighted by Crippen LogP contribution is -2.45. The normalized spacial score (nSPS) is 15.5. The van der Waals surface area contributed by atoms with Crippen LogP contribution in [0.4, 0.5) is 4.79 Å². The molecule has 8 heteroatoms. The summed E-state index contributed by atoms with van der Waals surface area (Å²) in [4.78, 5) is 35.6. The molecule has 2 aromatic rings. The lowest BCUT2D eigenvalue weighted by molar-refractivity contribution is -0.142. The predicted molar refractivity (Wildman–Crippen MR) is 125 cm³/mol. The third-order valence-corrected chi connectivity index (χ3v) is 6.64. The van der Waals surface area contributed by atoms with Crippen molar-refractivity contribution >= 4 is 18.0 Å². The minimum atomic E-state index is -1.05. The van der Waals surface area contributed by atoms with Crippen molar-refractivity contribution in [2.45, 2.75) is 25.2 Å². The monoisotopic (exact) mass is 466 g/mol. The fourth-order valence-corrected chi connectivity index (χ4v) is 4.70. The topological polar surface area (TPSA) is 114 Å². The summed E-state index contributed by atoms with van der Waals surface area (Å²) in [6.45, 7) is 0.366.